The molecule has 0 saturated heterocycles. The molecular formula is C14H13FN2O2. The largest absolute Gasteiger partial charge is 0.496 e. The predicted octanol–water partition coefficient (Wildman–Crippen LogP) is 2.77. The van der Waals surface area contributed by atoms with Crippen molar-refractivity contribution < 1.29 is 13.9 Å². The number of ether oxygens (including phenoxy) is 2. The van der Waals surface area contributed by atoms with Crippen LogP contribution in [0.4, 0.5) is 10.2 Å². The van der Waals surface area contributed by atoms with Crippen LogP contribution in [-0.4, -0.2) is 18.6 Å². The number of nitrogens with one attached hydrogen (secondary N) is 1. The van der Waals surface area contributed by atoms with Gasteiger partial charge in [-0.2, -0.15) is 0 Å². The minimum Gasteiger partial charge on any atom is -0.496 e. The molecule has 0 amide bonds. The van der Waals surface area contributed by atoms with E-state index in [9.17, 15) is 4.39 Å². The highest BCUT2D eigenvalue weighted by molar-refractivity contribution is 5.52. The smallest absolute Gasteiger partial charge is 0.168 e. The molecule has 1 N–H and O–H groups in total. The van der Waals surface area contributed by atoms with Crippen molar-refractivity contribution >= 4 is 5.82 Å². The number of nitrogens with zero attached hydrogens (tertiary/aromatic N) is 1. The Labute approximate surface area is 110 Å². The monoisotopic (exact) mass is 260 g/mol. The van der Waals surface area contributed by atoms with E-state index in [4.69, 9.17) is 9.47 Å². The Kier molecular flexibility index (Phi) is 2.95. The molecule has 1 aliphatic rings. The minimum absolute atomic E-state index is 0.303. The lowest BCUT2D eigenvalue weighted by Gasteiger charge is -2.27. The van der Waals surface area contributed by atoms with Crippen LogP contribution >= 0.6 is 0 Å². The first-order valence-electron chi connectivity index (χ1n) is 5.97. The number of aromatic nitrogens is 1. The topological polar surface area (TPSA) is 43.4 Å². The molecule has 0 saturated carbocycles. The van der Waals surface area contributed by atoms with E-state index in [2.05, 4.69) is 10.3 Å². The maximum Gasteiger partial charge on any atom is 0.168 e. The molecule has 2 heterocycles. The molecule has 0 spiro atoms. The van der Waals surface area contributed by atoms with E-state index in [1.54, 1.807) is 25.4 Å². The summed E-state index contributed by atoms with van der Waals surface area (Å²) in [5.41, 5.74) is 0.685. The van der Waals surface area contributed by atoms with E-state index in [1.807, 2.05) is 6.07 Å². The van der Waals surface area contributed by atoms with Gasteiger partial charge in [0.25, 0.3) is 0 Å². The van der Waals surface area contributed by atoms with Gasteiger partial charge in [-0.25, -0.2) is 9.37 Å². The molecule has 1 aliphatic heterocycles. The summed E-state index contributed by atoms with van der Waals surface area (Å²) in [6.45, 7) is 0.518. The first-order chi connectivity index (χ1) is 9.28. The Morgan fingerprint density at radius 2 is 2.32 bits per heavy atom. The van der Waals surface area contributed by atoms with Crippen molar-refractivity contribution in [2.75, 3.05) is 19.0 Å². The highest BCUT2D eigenvalue weighted by atomic mass is 19.1. The van der Waals surface area contributed by atoms with Gasteiger partial charge in [0.15, 0.2) is 11.6 Å². The van der Waals surface area contributed by atoms with Crippen molar-refractivity contribution in [1.82, 2.24) is 4.98 Å². The zero-order chi connectivity index (χ0) is 13.2. The third kappa shape index (κ3) is 2.19. The fourth-order valence-electron chi connectivity index (χ4n) is 2.13. The van der Waals surface area contributed by atoms with Gasteiger partial charge in [-0.1, -0.05) is 0 Å². The van der Waals surface area contributed by atoms with Crippen molar-refractivity contribution in [2.24, 2.45) is 0 Å². The number of hydrogen-bond donors (Lipinski definition) is 1. The van der Waals surface area contributed by atoms with Gasteiger partial charge in [0.05, 0.1) is 13.7 Å². The van der Waals surface area contributed by atoms with Gasteiger partial charge in [-0.3, -0.25) is 0 Å². The van der Waals surface area contributed by atoms with E-state index in [0.29, 0.717) is 29.4 Å². The van der Waals surface area contributed by atoms with Gasteiger partial charge in [0, 0.05) is 11.8 Å². The first kappa shape index (κ1) is 11.8. The molecule has 3 rings (SSSR count). The Morgan fingerprint density at radius 3 is 3.16 bits per heavy atom. The number of methoxy groups -OCH3 is 1. The van der Waals surface area contributed by atoms with Gasteiger partial charge < -0.3 is 14.8 Å². The fourth-order valence-corrected chi connectivity index (χ4v) is 2.13. The number of halogens is 1. The second kappa shape index (κ2) is 4.76. The van der Waals surface area contributed by atoms with Gasteiger partial charge in [-0.05, 0) is 30.3 Å². The van der Waals surface area contributed by atoms with E-state index < -0.39 is 0 Å². The summed E-state index contributed by atoms with van der Waals surface area (Å²) in [5.74, 6) is 1.66. The molecule has 2 aromatic rings. The van der Waals surface area contributed by atoms with E-state index >= 15 is 0 Å². The molecule has 98 valence electrons. The maximum atomic E-state index is 13.4. The zero-order valence-corrected chi connectivity index (χ0v) is 10.4. The van der Waals surface area contributed by atoms with E-state index in [0.717, 1.165) is 0 Å². The van der Waals surface area contributed by atoms with Crippen LogP contribution in [0.15, 0.2) is 36.5 Å². The lowest BCUT2D eigenvalue weighted by molar-refractivity contribution is 0.203. The molecule has 0 aliphatic carbocycles. The van der Waals surface area contributed by atoms with Crippen LogP contribution in [0.5, 0.6) is 11.5 Å². The first-order valence-corrected chi connectivity index (χ1v) is 5.97. The van der Waals surface area contributed by atoms with E-state index in [-0.39, 0.29) is 11.9 Å². The van der Waals surface area contributed by atoms with Crippen LogP contribution in [0, 0.1) is 5.82 Å². The van der Waals surface area contributed by atoms with Crippen molar-refractivity contribution in [3.63, 3.8) is 0 Å². The lowest BCUT2D eigenvalue weighted by Crippen LogP contribution is -2.24. The van der Waals surface area contributed by atoms with E-state index in [1.165, 1.54) is 12.1 Å². The molecule has 1 aromatic carbocycles. The summed E-state index contributed by atoms with van der Waals surface area (Å²) in [6.07, 6.45) is 1.39. The van der Waals surface area contributed by atoms with Gasteiger partial charge in [-0.15, -0.1) is 0 Å². The average Bonchev–Trinajstić information content (AvgIpc) is 2.46. The van der Waals surface area contributed by atoms with Crippen LogP contribution in [0.2, 0.25) is 0 Å². The Bertz CT molecular complexity index is 604. The lowest BCUT2D eigenvalue weighted by atomic mass is 10.1. The molecule has 4 nitrogen and oxygen atoms in total. The minimum atomic E-state index is -0.309. The van der Waals surface area contributed by atoms with Crippen LogP contribution in [-0.2, 0) is 0 Å². The number of fused-ring (bicyclic) bond motifs is 1. The summed E-state index contributed by atoms with van der Waals surface area (Å²) in [5, 5.41) is 3.17. The standard InChI is InChI=1S/C14H13FN2O2/c1-18-11-5-4-9(15)7-10(11)13-8-17-14-12(19-13)3-2-6-16-14/h2-7,13H,8H2,1H3,(H,16,17). The average molecular weight is 260 g/mol. The number of anilines is 1. The van der Waals surface area contributed by atoms with Gasteiger partial charge in [0.2, 0.25) is 0 Å². The Balaban J connectivity index is 1.95. The summed E-state index contributed by atoms with van der Waals surface area (Å²) in [7, 11) is 1.56. The predicted molar refractivity (Wildman–Crippen MR) is 69.0 cm³/mol. The van der Waals surface area contributed by atoms with Crippen LogP contribution in [0.3, 0.4) is 0 Å². The third-order valence-electron chi connectivity index (χ3n) is 3.03. The summed E-state index contributed by atoms with van der Waals surface area (Å²) >= 11 is 0. The summed E-state index contributed by atoms with van der Waals surface area (Å²) in [4.78, 5) is 4.17. The van der Waals surface area contributed by atoms with Crippen LogP contribution < -0.4 is 14.8 Å². The highest BCUT2D eigenvalue weighted by Crippen LogP contribution is 2.35. The number of benzene rings is 1. The second-order valence-corrected chi connectivity index (χ2v) is 4.22. The normalized spacial score (nSPS) is 17.1. The van der Waals surface area contributed by atoms with Crippen molar-refractivity contribution in [3.8, 4) is 11.5 Å². The molecule has 0 radical (unpaired) electrons. The number of rotatable bonds is 2. The molecule has 1 atom stereocenters. The Hall–Kier alpha value is -2.30. The van der Waals surface area contributed by atoms with Crippen LogP contribution in [0.1, 0.15) is 11.7 Å². The molecule has 19 heavy (non-hydrogen) atoms. The Morgan fingerprint density at radius 1 is 1.42 bits per heavy atom. The SMILES string of the molecule is COc1ccc(F)cc1C1CNc2ncccc2O1. The molecule has 0 bridgehead atoms. The number of hydrogen-bond acceptors (Lipinski definition) is 4. The molecular weight excluding hydrogens is 247 g/mol. The maximum absolute atomic E-state index is 13.4. The quantitative estimate of drug-likeness (QED) is 0.901. The molecule has 0 fully saturated rings. The van der Waals surface area contributed by atoms with Crippen LogP contribution in [0.25, 0.3) is 0 Å². The van der Waals surface area contributed by atoms with Gasteiger partial charge in [0.1, 0.15) is 17.7 Å². The summed E-state index contributed by atoms with van der Waals surface area (Å²) in [6, 6.07) is 8.03. The number of pyridine rings is 1. The third-order valence-corrected chi connectivity index (χ3v) is 3.03. The molecule has 5 heteroatoms. The van der Waals surface area contributed by atoms with Gasteiger partial charge >= 0.3 is 0 Å². The van der Waals surface area contributed by atoms with Crippen molar-refractivity contribution in [2.45, 2.75) is 6.10 Å². The highest BCUT2D eigenvalue weighted by Gasteiger charge is 2.24. The zero-order valence-electron chi connectivity index (χ0n) is 10.4. The summed E-state index contributed by atoms with van der Waals surface area (Å²) < 4.78 is 24.5. The molecule has 1 aromatic heterocycles. The second-order valence-electron chi connectivity index (χ2n) is 4.22. The fraction of sp³-hybridized carbons (Fsp3) is 0.214. The van der Waals surface area contributed by atoms with Crippen molar-refractivity contribution in [3.05, 3.63) is 47.9 Å². The van der Waals surface area contributed by atoms with Crippen molar-refractivity contribution in [1.29, 1.82) is 0 Å². The molecule has 1 unspecified atom stereocenters.